The minimum absolute atomic E-state index is 0.654. The van der Waals surface area contributed by atoms with Crippen molar-refractivity contribution in [3.63, 3.8) is 0 Å². The minimum Gasteiger partial charge on any atom is -0.315 e. The van der Waals surface area contributed by atoms with Crippen LogP contribution in [0, 0.1) is 11.3 Å². The van der Waals surface area contributed by atoms with Crippen molar-refractivity contribution in [1.82, 2.24) is 10.6 Å². The number of hydrogen-bond donors (Lipinski definition) is 2. The fourth-order valence-corrected chi connectivity index (χ4v) is 3.07. The number of hydrogen-bond acceptors (Lipinski definition) is 2. The van der Waals surface area contributed by atoms with E-state index in [0.717, 1.165) is 12.0 Å². The van der Waals surface area contributed by atoms with Crippen LogP contribution in [0.4, 0.5) is 0 Å². The first-order valence-electron chi connectivity index (χ1n) is 7.67. The van der Waals surface area contributed by atoms with E-state index in [9.17, 15) is 0 Å². The molecule has 0 aromatic heterocycles. The predicted octanol–water partition coefficient (Wildman–Crippen LogP) is 2.93. The smallest absolute Gasteiger partial charge is 0.0192 e. The lowest BCUT2D eigenvalue weighted by molar-refractivity contribution is 0.321. The van der Waals surface area contributed by atoms with Crippen LogP contribution < -0.4 is 10.6 Å². The monoisotopic (exact) mass is 238 g/mol. The number of rotatable bonds is 5. The SMILES string of the molecule is CC(C)C1(CNCC2CCCCCCN2)CC1. The lowest BCUT2D eigenvalue weighted by Gasteiger charge is -2.25. The molecule has 2 N–H and O–H groups in total. The third-order valence-corrected chi connectivity index (χ3v) is 4.90. The summed E-state index contributed by atoms with van der Waals surface area (Å²) in [6.45, 7) is 8.39. The summed E-state index contributed by atoms with van der Waals surface area (Å²) in [7, 11) is 0. The fraction of sp³-hybridized carbons (Fsp3) is 1.00. The summed E-state index contributed by atoms with van der Waals surface area (Å²) in [4.78, 5) is 0. The van der Waals surface area contributed by atoms with Gasteiger partial charge in [0.25, 0.3) is 0 Å². The van der Waals surface area contributed by atoms with Crippen LogP contribution in [0.25, 0.3) is 0 Å². The lowest BCUT2D eigenvalue weighted by Crippen LogP contribution is -2.42. The van der Waals surface area contributed by atoms with Gasteiger partial charge in [0.2, 0.25) is 0 Å². The summed E-state index contributed by atoms with van der Waals surface area (Å²) >= 11 is 0. The molecule has 0 bridgehead atoms. The summed E-state index contributed by atoms with van der Waals surface area (Å²) in [5.41, 5.74) is 0.654. The summed E-state index contributed by atoms with van der Waals surface area (Å²) in [6.07, 6.45) is 9.88. The van der Waals surface area contributed by atoms with E-state index < -0.39 is 0 Å². The van der Waals surface area contributed by atoms with Crippen molar-refractivity contribution in [2.24, 2.45) is 11.3 Å². The van der Waals surface area contributed by atoms with E-state index in [0.29, 0.717) is 5.41 Å². The van der Waals surface area contributed by atoms with Gasteiger partial charge in [-0.3, -0.25) is 0 Å². The predicted molar refractivity (Wildman–Crippen MR) is 74.3 cm³/mol. The van der Waals surface area contributed by atoms with Gasteiger partial charge in [0.05, 0.1) is 0 Å². The van der Waals surface area contributed by atoms with Gasteiger partial charge in [-0.25, -0.2) is 0 Å². The van der Waals surface area contributed by atoms with Crippen molar-refractivity contribution < 1.29 is 0 Å². The quantitative estimate of drug-likeness (QED) is 0.769. The molecule has 17 heavy (non-hydrogen) atoms. The normalized spacial score (nSPS) is 28.8. The molecular formula is C15H30N2. The zero-order chi connectivity index (χ0) is 12.1. The Kier molecular flexibility index (Phi) is 4.87. The van der Waals surface area contributed by atoms with Gasteiger partial charge in [0.1, 0.15) is 0 Å². The van der Waals surface area contributed by atoms with Gasteiger partial charge in [-0.05, 0) is 43.6 Å². The Morgan fingerprint density at radius 3 is 2.65 bits per heavy atom. The van der Waals surface area contributed by atoms with Gasteiger partial charge in [-0.2, -0.15) is 0 Å². The van der Waals surface area contributed by atoms with Gasteiger partial charge in [-0.1, -0.05) is 33.1 Å². The van der Waals surface area contributed by atoms with Crippen LogP contribution in [0.2, 0.25) is 0 Å². The molecule has 1 atom stereocenters. The standard InChI is InChI=1S/C15H30N2/c1-13(2)15(8-9-15)12-16-11-14-7-5-3-4-6-10-17-14/h13-14,16-17H,3-12H2,1-2H3. The zero-order valence-corrected chi connectivity index (χ0v) is 11.7. The second-order valence-corrected chi connectivity index (χ2v) is 6.50. The summed E-state index contributed by atoms with van der Waals surface area (Å²) in [5.74, 6) is 0.847. The molecule has 2 fully saturated rings. The van der Waals surface area contributed by atoms with E-state index in [1.54, 1.807) is 0 Å². The third kappa shape index (κ3) is 3.96. The third-order valence-electron chi connectivity index (χ3n) is 4.90. The molecule has 0 amide bonds. The van der Waals surface area contributed by atoms with Gasteiger partial charge >= 0.3 is 0 Å². The van der Waals surface area contributed by atoms with Crippen LogP contribution >= 0.6 is 0 Å². The Balaban J connectivity index is 1.63. The van der Waals surface area contributed by atoms with Crippen LogP contribution in [-0.4, -0.2) is 25.7 Å². The van der Waals surface area contributed by atoms with Crippen molar-refractivity contribution in [2.45, 2.75) is 64.8 Å². The van der Waals surface area contributed by atoms with Crippen LogP contribution in [-0.2, 0) is 0 Å². The maximum absolute atomic E-state index is 3.72. The number of nitrogens with one attached hydrogen (secondary N) is 2. The molecule has 2 heteroatoms. The molecule has 1 aliphatic carbocycles. The van der Waals surface area contributed by atoms with Crippen molar-refractivity contribution in [2.75, 3.05) is 19.6 Å². The second kappa shape index (κ2) is 6.19. The van der Waals surface area contributed by atoms with Crippen molar-refractivity contribution >= 4 is 0 Å². The van der Waals surface area contributed by atoms with Crippen molar-refractivity contribution in [3.05, 3.63) is 0 Å². The molecule has 1 saturated carbocycles. The molecule has 1 aliphatic heterocycles. The first-order chi connectivity index (χ1) is 8.23. The molecule has 2 rings (SSSR count). The van der Waals surface area contributed by atoms with Crippen LogP contribution in [0.5, 0.6) is 0 Å². The Morgan fingerprint density at radius 1 is 1.18 bits per heavy atom. The Hall–Kier alpha value is -0.0800. The molecule has 1 heterocycles. The fourth-order valence-electron chi connectivity index (χ4n) is 3.07. The lowest BCUT2D eigenvalue weighted by atomic mass is 9.92. The molecule has 0 aromatic carbocycles. The van der Waals surface area contributed by atoms with E-state index in [4.69, 9.17) is 0 Å². The van der Waals surface area contributed by atoms with Crippen LogP contribution in [0.1, 0.15) is 58.8 Å². The second-order valence-electron chi connectivity index (χ2n) is 6.50. The molecular weight excluding hydrogens is 208 g/mol. The highest BCUT2D eigenvalue weighted by Crippen LogP contribution is 2.51. The molecule has 2 aliphatic rings. The topological polar surface area (TPSA) is 24.1 Å². The molecule has 0 spiro atoms. The van der Waals surface area contributed by atoms with E-state index in [1.807, 2.05) is 0 Å². The molecule has 100 valence electrons. The maximum Gasteiger partial charge on any atom is 0.0192 e. The van der Waals surface area contributed by atoms with E-state index in [2.05, 4.69) is 24.5 Å². The van der Waals surface area contributed by atoms with Gasteiger partial charge in [0.15, 0.2) is 0 Å². The summed E-state index contributed by atoms with van der Waals surface area (Å²) in [5, 5.41) is 7.42. The molecule has 0 aromatic rings. The van der Waals surface area contributed by atoms with Gasteiger partial charge < -0.3 is 10.6 Å². The highest BCUT2D eigenvalue weighted by molar-refractivity contribution is 4.97. The van der Waals surface area contributed by atoms with E-state index in [1.165, 1.54) is 64.6 Å². The molecule has 1 saturated heterocycles. The average Bonchev–Trinajstić information content (AvgIpc) is 3.02. The van der Waals surface area contributed by atoms with E-state index in [-0.39, 0.29) is 0 Å². The Bertz CT molecular complexity index is 213. The largest absolute Gasteiger partial charge is 0.315 e. The van der Waals surface area contributed by atoms with Gasteiger partial charge in [0, 0.05) is 19.1 Å². The van der Waals surface area contributed by atoms with E-state index >= 15 is 0 Å². The zero-order valence-electron chi connectivity index (χ0n) is 11.7. The molecule has 2 nitrogen and oxygen atoms in total. The van der Waals surface area contributed by atoms with Crippen molar-refractivity contribution in [3.8, 4) is 0 Å². The highest BCUT2D eigenvalue weighted by Gasteiger charge is 2.44. The minimum atomic E-state index is 0.654. The summed E-state index contributed by atoms with van der Waals surface area (Å²) < 4.78 is 0. The maximum atomic E-state index is 3.72. The molecule has 0 radical (unpaired) electrons. The summed E-state index contributed by atoms with van der Waals surface area (Å²) in [6, 6.07) is 0.721. The first kappa shape index (κ1) is 13.4. The highest BCUT2D eigenvalue weighted by atomic mass is 15.0. The Labute approximate surface area is 107 Å². The van der Waals surface area contributed by atoms with Gasteiger partial charge in [-0.15, -0.1) is 0 Å². The first-order valence-corrected chi connectivity index (χ1v) is 7.67. The average molecular weight is 238 g/mol. The Morgan fingerprint density at radius 2 is 1.94 bits per heavy atom. The molecule has 1 unspecified atom stereocenters. The van der Waals surface area contributed by atoms with Crippen molar-refractivity contribution in [1.29, 1.82) is 0 Å². The van der Waals surface area contributed by atoms with Crippen LogP contribution in [0.15, 0.2) is 0 Å². The van der Waals surface area contributed by atoms with Crippen LogP contribution in [0.3, 0.4) is 0 Å².